The summed E-state index contributed by atoms with van der Waals surface area (Å²) >= 11 is 0. The Labute approximate surface area is 116 Å². The van der Waals surface area contributed by atoms with Crippen molar-refractivity contribution in [3.05, 3.63) is 29.8 Å². The van der Waals surface area contributed by atoms with Crippen molar-refractivity contribution in [3.63, 3.8) is 0 Å². The summed E-state index contributed by atoms with van der Waals surface area (Å²) in [7, 11) is 1.57. The van der Waals surface area contributed by atoms with Gasteiger partial charge in [-0.2, -0.15) is 0 Å². The van der Waals surface area contributed by atoms with Crippen LogP contribution in [0.1, 0.15) is 12.0 Å². The molecule has 0 aliphatic heterocycles. The molecule has 0 aliphatic carbocycles. The van der Waals surface area contributed by atoms with Crippen LogP contribution >= 0.6 is 12.4 Å². The lowest BCUT2D eigenvalue weighted by Crippen LogP contribution is -2.30. The number of methoxy groups -OCH3 is 1. The number of anilines is 1. The zero-order valence-electron chi connectivity index (χ0n) is 10.5. The van der Waals surface area contributed by atoms with Crippen LogP contribution in [0.2, 0.25) is 0 Å². The molecule has 1 amide bonds. The molecule has 4 nitrogen and oxygen atoms in total. The van der Waals surface area contributed by atoms with E-state index in [1.54, 1.807) is 13.2 Å². The zero-order chi connectivity index (χ0) is 13.4. The fraction of sp³-hybridized carbons (Fsp3) is 0.417. The number of hydrogen-bond donors (Lipinski definition) is 2. The number of ether oxygens (including phenoxy) is 1. The van der Waals surface area contributed by atoms with Gasteiger partial charge in [-0.15, -0.1) is 12.4 Å². The zero-order valence-corrected chi connectivity index (χ0v) is 11.3. The number of alkyl halides is 2. The van der Waals surface area contributed by atoms with Gasteiger partial charge in [-0.25, -0.2) is 8.78 Å². The van der Waals surface area contributed by atoms with E-state index in [-0.39, 0.29) is 30.4 Å². The van der Waals surface area contributed by atoms with Gasteiger partial charge < -0.3 is 15.4 Å². The van der Waals surface area contributed by atoms with E-state index in [0.717, 1.165) is 0 Å². The molecule has 0 saturated heterocycles. The summed E-state index contributed by atoms with van der Waals surface area (Å²) in [5.74, 6) is -0.280. The Morgan fingerprint density at radius 1 is 1.42 bits per heavy atom. The Balaban J connectivity index is 0.00000324. The summed E-state index contributed by atoms with van der Waals surface area (Å²) in [4.78, 5) is 11.5. The Hall–Kier alpha value is -1.24. The molecule has 0 fully saturated rings. The lowest BCUT2D eigenvalue weighted by molar-refractivity contribution is -0.115. The highest BCUT2D eigenvalue weighted by atomic mass is 35.5. The van der Waals surface area contributed by atoms with Crippen LogP contribution in [0.25, 0.3) is 0 Å². The molecule has 0 heterocycles. The summed E-state index contributed by atoms with van der Waals surface area (Å²) in [5, 5.41) is 5.40. The number of nitrogens with one attached hydrogen (secondary N) is 2. The van der Waals surface area contributed by atoms with E-state index in [9.17, 15) is 13.6 Å². The van der Waals surface area contributed by atoms with Gasteiger partial charge in [0.15, 0.2) is 0 Å². The third kappa shape index (κ3) is 7.05. The molecule has 0 aromatic heterocycles. The molecular weight excluding hydrogens is 278 g/mol. The molecule has 0 spiro atoms. The first-order chi connectivity index (χ1) is 8.63. The van der Waals surface area contributed by atoms with Crippen molar-refractivity contribution in [1.29, 1.82) is 0 Å². The summed E-state index contributed by atoms with van der Waals surface area (Å²) < 4.78 is 29.7. The minimum atomic E-state index is -2.54. The number of halogens is 3. The van der Waals surface area contributed by atoms with Crippen LogP contribution in [0.5, 0.6) is 0 Å². The molecule has 0 bridgehead atoms. The van der Waals surface area contributed by atoms with Gasteiger partial charge in [-0.05, 0) is 12.1 Å². The number of benzene rings is 1. The molecule has 108 valence electrons. The standard InChI is InChI=1S/C12H16F2N2O2.ClH/c1-18-6-5-15-8-11(17)16-10-4-2-3-9(7-10)12(13)14;/h2-4,7,12,15H,5-6,8H2,1H3,(H,16,17);1H. The van der Waals surface area contributed by atoms with Gasteiger partial charge in [0.05, 0.1) is 13.2 Å². The average Bonchev–Trinajstić information content (AvgIpc) is 2.35. The van der Waals surface area contributed by atoms with Gasteiger partial charge in [-0.3, -0.25) is 4.79 Å². The van der Waals surface area contributed by atoms with Crippen LogP contribution in [-0.4, -0.2) is 32.7 Å². The predicted octanol–water partition coefficient (Wildman–Crippen LogP) is 2.22. The van der Waals surface area contributed by atoms with Crippen molar-refractivity contribution in [2.24, 2.45) is 0 Å². The molecular formula is C12H17ClF2N2O2. The van der Waals surface area contributed by atoms with Gasteiger partial charge in [0.25, 0.3) is 6.43 Å². The Morgan fingerprint density at radius 3 is 2.79 bits per heavy atom. The summed E-state index contributed by atoms with van der Waals surface area (Å²) in [5.41, 5.74) is 0.256. The van der Waals surface area contributed by atoms with Crippen LogP contribution in [0.4, 0.5) is 14.5 Å². The van der Waals surface area contributed by atoms with Gasteiger partial charge in [0, 0.05) is 24.9 Å². The van der Waals surface area contributed by atoms with Crippen LogP contribution < -0.4 is 10.6 Å². The summed E-state index contributed by atoms with van der Waals surface area (Å²) in [6.07, 6.45) is -2.54. The number of carbonyl (C=O) groups is 1. The normalized spacial score (nSPS) is 10.1. The maximum absolute atomic E-state index is 12.4. The molecule has 1 rings (SSSR count). The quantitative estimate of drug-likeness (QED) is 0.758. The molecule has 1 aromatic carbocycles. The number of carbonyl (C=O) groups excluding carboxylic acids is 1. The van der Waals surface area contributed by atoms with Gasteiger partial charge >= 0.3 is 0 Å². The minimum Gasteiger partial charge on any atom is -0.383 e. The molecule has 0 aliphatic rings. The van der Waals surface area contributed by atoms with E-state index in [0.29, 0.717) is 18.8 Å². The van der Waals surface area contributed by atoms with Crippen molar-refractivity contribution in [3.8, 4) is 0 Å². The highest BCUT2D eigenvalue weighted by molar-refractivity contribution is 5.92. The van der Waals surface area contributed by atoms with Crippen LogP contribution in [0.3, 0.4) is 0 Å². The minimum absolute atomic E-state index is 0. The first-order valence-electron chi connectivity index (χ1n) is 5.51. The van der Waals surface area contributed by atoms with Crippen molar-refractivity contribution in [2.45, 2.75) is 6.43 Å². The molecule has 1 aromatic rings. The molecule has 0 radical (unpaired) electrons. The monoisotopic (exact) mass is 294 g/mol. The Bertz CT molecular complexity index is 392. The van der Waals surface area contributed by atoms with Crippen LogP contribution in [-0.2, 0) is 9.53 Å². The van der Waals surface area contributed by atoms with Crippen molar-refractivity contribution in [1.82, 2.24) is 5.32 Å². The molecule has 19 heavy (non-hydrogen) atoms. The lowest BCUT2D eigenvalue weighted by atomic mass is 10.2. The first-order valence-corrected chi connectivity index (χ1v) is 5.51. The van der Waals surface area contributed by atoms with E-state index in [4.69, 9.17) is 4.74 Å². The van der Waals surface area contributed by atoms with E-state index in [2.05, 4.69) is 10.6 Å². The van der Waals surface area contributed by atoms with E-state index < -0.39 is 6.43 Å². The maximum Gasteiger partial charge on any atom is 0.263 e. The van der Waals surface area contributed by atoms with Crippen LogP contribution in [0, 0.1) is 0 Å². The number of amides is 1. The fourth-order valence-electron chi connectivity index (χ4n) is 1.33. The second-order valence-corrected chi connectivity index (χ2v) is 3.64. The molecule has 0 saturated carbocycles. The topological polar surface area (TPSA) is 50.4 Å². The smallest absolute Gasteiger partial charge is 0.263 e. The lowest BCUT2D eigenvalue weighted by Gasteiger charge is -2.08. The third-order valence-electron chi connectivity index (χ3n) is 2.19. The summed E-state index contributed by atoms with van der Waals surface area (Å²) in [6.45, 7) is 1.18. The third-order valence-corrected chi connectivity index (χ3v) is 2.19. The molecule has 0 unspecified atom stereocenters. The Kier molecular flexibility index (Phi) is 9.03. The molecule has 7 heteroatoms. The highest BCUT2D eigenvalue weighted by Crippen LogP contribution is 2.21. The molecule has 0 atom stereocenters. The number of hydrogen-bond acceptors (Lipinski definition) is 3. The van der Waals surface area contributed by atoms with E-state index >= 15 is 0 Å². The molecule has 2 N–H and O–H groups in total. The SMILES string of the molecule is COCCNCC(=O)Nc1cccc(C(F)F)c1.Cl. The second kappa shape index (κ2) is 9.66. The predicted molar refractivity (Wildman–Crippen MR) is 72.0 cm³/mol. The van der Waals surface area contributed by atoms with Gasteiger partial charge in [0.1, 0.15) is 0 Å². The highest BCUT2D eigenvalue weighted by Gasteiger charge is 2.08. The first kappa shape index (κ1) is 17.8. The fourth-order valence-corrected chi connectivity index (χ4v) is 1.33. The largest absolute Gasteiger partial charge is 0.383 e. The average molecular weight is 295 g/mol. The van der Waals surface area contributed by atoms with E-state index in [1.807, 2.05) is 0 Å². The number of rotatable bonds is 7. The summed E-state index contributed by atoms with van der Waals surface area (Å²) in [6, 6.07) is 5.63. The van der Waals surface area contributed by atoms with E-state index in [1.165, 1.54) is 18.2 Å². The van der Waals surface area contributed by atoms with Crippen molar-refractivity contribution in [2.75, 3.05) is 32.1 Å². The van der Waals surface area contributed by atoms with Crippen LogP contribution in [0.15, 0.2) is 24.3 Å². The van der Waals surface area contributed by atoms with Crippen molar-refractivity contribution < 1.29 is 18.3 Å². The van der Waals surface area contributed by atoms with Crippen molar-refractivity contribution >= 4 is 24.0 Å². The second-order valence-electron chi connectivity index (χ2n) is 3.64. The van der Waals surface area contributed by atoms with Gasteiger partial charge in [-0.1, -0.05) is 12.1 Å². The maximum atomic E-state index is 12.4. The van der Waals surface area contributed by atoms with Gasteiger partial charge in [0.2, 0.25) is 5.91 Å². The Morgan fingerprint density at radius 2 is 2.16 bits per heavy atom.